The number of nitrogens with one attached hydrogen (secondary N) is 3. The molecule has 1 amide bonds. The Labute approximate surface area is 150 Å². The molecule has 3 N–H and O–H groups in total. The fraction of sp³-hybridized carbons (Fsp3) is 0.111. The maximum absolute atomic E-state index is 11.2. The molecule has 3 aromatic rings. The molecule has 8 nitrogen and oxygen atoms in total. The van der Waals surface area contributed by atoms with Gasteiger partial charge >= 0.3 is 0 Å². The van der Waals surface area contributed by atoms with Crippen molar-refractivity contribution in [1.82, 2.24) is 15.2 Å². The third kappa shape index (κ3) is 4.67. The molecule has 26 heavy (non-hydrogen) atoms. The van der Waals surface area contributed by atoms with Gasteiger partial charge in [0.15, 0.2) is 5.82 Å². The third-order valence-electron chi connectivity index (χ3n) is 3.36. The molecule has 8 heteroatoms. The lowest BCUT2D eigenvalue weighted by atomic mass is 10.3. The Hall–Kier alpha value is -3.68. The number of ether oxygens (including phenoxy) is 1. The Morgan fingerprint density at radius 2 is 1.77 bits per heavy atom. The van der Waals surface area contributed by atoms with Crippen molar-refractivity contribution in [2.24, 2.45) is 0 Å². The minimum Gasteiger partial charge on any atom is -0.497 e. The van der Waals surface area contributed by atoms with E-state index in [-0.39, 0.29) is 5.91 Å². The fourth-order valence-electron chi connectivity index (χ4n) is 2.25. The molecule has 1 aromatic heterocycles. The van der Waals surface area contributed by atoms with E-state index in [0.29, 0.717) is 17.5 Å². The summed E-state index contributed by atoms with van der Waals surface area (Å²) in [7, 11) is 1.62. The van der Waals surface area contributed by atoms with Gasteiger partial charge in [0.1, 0.15) is 5.75 Å². The van der Waals surface area contributed by atoms with Crippen LogP contribution in [0.2, 0.25) is 0 Å². The molecule has 1 heterocycles. The number of carbonyl (C=O) groups is 1. The monoisotopic (exact) mass is 350 g/mol. The van der Waals surface area contributed by atoms with E-state index in [2.05, 4.69) is 31.1 Å². The zero-order valence-electron chi connectivity index (χ0n) is 14.4. The SMILES string of the molecule is COc1ccc(Nc2cnnc(Nc3cccc(NC(C)=O)c3)n2)cc1. The Kier molecular flexibility index (Phi) is 5.23. The number of methoxy groups -OCH3 is 1. The van der Waals surface area contributed by atoms with Gasteiger partial charge in [-0.1, -0.05) is 6.07 Å². The van der Waals surface area contributed by atoms with Crippen molar-refractivity contribution in [3.8, 4) is 5.75 Å². The zero-order chi connectivity index (χ0) is 18.4. The lowest BCUT2D eigenvalue weighted by Crippen LogP contribution is -2.06. The van der Waals surface area contributed by atoms with Crippen LogP contribution >= 0.6 is 0 Å². The molecule has 0 aliphatic heterocycles. The lowest BCUT2D eigenvalue weighted by molar-refractivity contribution is -0.114. The second-order valence-corrected chi connectivity index (χ2v) is 5.41. The van der Waals surface area contributed by atoms with Gasteiger partial charge in [0.25, 0.3) is 0 Å². The summed E-state index contributed by atoms with van der Waals surface area (Å²) >= 11 is 0. The lowest BCUT2D eigenvalue weighted by Gasteiger charge is -2.09. The second kappa shape index (κ2) is 7.93. The molecule has 132 valence electrons. The highest BCUT2D eigenvalue weighted by Crippen LogP contribution is 2.21. The van der Waals surface area contributed by atoms with Gasteiger partial charge in [-0.2, -0.15) is 10.1 Å². The second-order valence-electron chi connectivity index (χ2n) is 5.41. The topological polar surface area (TPSA) is 101 Å². The molecule has 0 atom stereocenters. The molecular formula is C18H18N6O2. The standard InChI is InChI=1S/C18H18N6O2/c1-12(25)20-14-4-3-5-15(10-14)22-18-23-17(11-19-24-18)21-13-6-8-16(26-2)9-7-13/h3-11H,1-2H3,(H,20,25)(H2,21,22,23,24). The van der Waals surface area contributed by atoms with Crippen LogP contribution in [0.4, 0.5) is 28.8 Å². The maximum atomic E-state index is 11.2. The van der Waals surface area contributed by atoms with Gasteiger partial charge in [-0.15, -0.1) is 5.10 Å². The molecule has 0 fully saturated rings. The summed E-state index contributed by atoms with van der Waals surface area (Å²) in [6.45, 7) is 1.46. The third-order valence-corrected chi connectivity index (χ3v) is 3.36. The summed E-state index contributed by atoms with van der Waals surface area (Å²) < 4.78 is 5.14. The van der Waals surface area contributed by atoms with E-state index >= 15 is 0 Å². The van der Waals surface area contributed by atoms with Crippen molar-refractivity contribution in [1.29, 1.82) is 0 Å². The van der Waals surface area contributed by atoms with E-state index < -0.39 is 0 Å². The van der Waals surface area contributed by atoms with Gasteiger partial charge < -0.3 is 20.7 Å². The van der Waals surface area contributed by atoms with E-state index in [4.69, 9.17) is 4.74 Å². The van der Waals surface area contributed by atoms with Crippen LogP contribution in [0.1, 0.15) is 6.92 Å². The van der Waals surface area contributed by atoms with Crippen LogP contribution in [0.25, 0.3) is 0 Å². The number of aromatic nitrogens is 3. The molecule has 0 aliphatic rings. The minimum absolute atomic E-state index is 0.134. The highest BCUT2D eigenvalue weighted by atomic mass is 16.5. The summed E-state index contributed by atoms with van der Waals surface area (Å²) in [5, 5.41) is 16.9. The quantitative estimate of drug-likeness (QED) is 0.627. The maximum Gasteiger partial charge on any atom is 0.249 e. The number of anilines is 5. The molecule has 2 aromatic carbocycles. The van der Waals surface area contributed by atoms with E-state index in [1.807, 2.05) is 36.4 Å². The smallest absolute Gasteiger partial charge is 0.249 e. The van der Waals surface area contributed by atoms with Crippen LogP contribution in [0.5, 0.6) is 5.75 Å². The molecule has 0 radical (unpaired) electrons. The van der Waals surface area contributed by atoms with E-state index in [9.17, 15) is 4.79 Å². The number of amides is 1. The summed E-state index contributed by atoms with van der Waals surface area (Å²) in [5.41, 5.74) is 2.27. The van der Waals surface area contributed by atoms with Gasteiger partial charge in [0.05, 0.1) is 13.3 Å². The Morgan fingerprint density at radius 3 is 2.50 bits per heavy atom. The van der Waals surface area contributed by atoms with E-state index in [1.165, 1.54) is 13.1 Å². The molecular weight excluding hydrogens is 332 g/mol. The zero-order valence-corrected chi connectivity index (χ0v) is 14.4. The number of hydrogen-bond acceptors (Lipinski definition) is 7. The molecule has 3 rings (SSSR count). The van der Waals surface area contributed by atoms with Crippen LogP contribution in [0.3, 0.4) is 0 Å². The summed E-state index contributed by atoms with van der Waals surface area (Å²) in [6, 6.07) is 14.7. The van der Waals surface area contributed by atoms with E-state index in [1.54, 1.807) is 19.2 Å². The predicted octanol–water partition coefficient (Wildman–Crippen LogP) is 3.33. The number of benzene rings is 2. The largest absolute Gasteiger partial charge is 0.497 e. The average molecular weight is 350 g/mol. The van der Waals surface area contributed by atoms with Crippen LogP contribution in [0.15, 0.2) is 54.7 Å². The summed E-state index contributed by atoms with van der Waals surface area (Å²) in [4.78, 5) is 15.5. The number of nitrogens with zero attached hydrogens (tertiary/aromatic N) is 3. The van der Waals surface area contributed by atoms with Gasteiger partial charge in [0.2, 0.25) is 11.9 Å². The van der Waals surface area contributed by atoms with Gasteiger partial charge in [-0.3, -0.25) is 4.79 Å². The van der Waals surface area contributed by atoms with Gasteiger partial charge in [0, 0.05) is 24.0 Å². The van der Waals surface area contributed by atoms with Crippen molar-refractivity contribution in [2.75, 3.05) is 23.1 Å². The van der Waals surface area contributed by atoms with Crippen LogP contribution in [-0.4, -0.2) is 28.2 Å². The fourth-order valence-corrected chi connectivity index (χ4v) is 2.25. The first kappa shape index (κ1) is 17.2. The van der Waals surface area contributed by atoms with Crippen LogP contribution < -0.4 is 20.7 Å². The van der Waals surface area contributed by atoms with Crippen molar-refractivity contribution in [3.05, 3.63) is 54.7 Å². The molecule has 0 aliphatic carbocycles. The summed E-state index contributed by atoms with van der Waals surface area (Å²) in [6.07, 6.45) is 1.53. The predicted molar refractivity (Wildman–Crippen MR) is 100 cm³/mol. The van der Waals surface area contributed by atoms with Crippen LogP contribution in [-0.2, 0) is 4.79 Å². The van der Waals surface area contributed by atoms with Crippen LogP contribution in [0, 0.1) is 0 Å². The highest BCUT2D eigenvalue weighted by Gasteiger charge is 2.04. The summed E-state index contributed by atoms with van der Waals surface area (Å²) in [5.74, 6) is 1.53. The molecule has 0 unspecified atom stereocenters. The molecule has 0 saturated heterocycles. The Bertz CT molecular complexity index is 898. The number of hydrogen-bond donors (Lipinski definition) is 3. The first-order chi connectivity index (χ1) is 12.6. The average Bonchev–Trinajstić information content (AvgIpc) is 2.62. The molecule has 0 bridgehead atoms. The first-order valence-electron chi connectivity index (χ1n) is 7.88. The molecule has 0 saturated carbocycles. The Morgan fingerprint density at radius 1 is 1.00 bits per heavy atom. The highest BCUT2D eigenvalue weighted by molar-refractivity contribution is 5.89. The normalized spacial score (nSPS) is 10.1. The van der Waals surface area contributed by atoms with E-state index in [0.717, 1.165) is 17.1 Å². The van der Waals surface area contributed by atoms with Crippen molar-refractivity contribution < 1.29 is 9.53 Å². The number of rotatable bonds is 6. The van der Waals surface area contributed by atoms with Gasteiger partial charge in [-0.05, 0) is 42.5 Å². The van der Waals surface area contributed by atoms with Crippen molar-refractivity contribution in [3.63, 3.8) is 0 Å². The Balaban J connectivity index is 1.71. The van der Waals surface area contributed by atoms with Crippen molar-refractivity contribution >= 4 is 34.7 Å². The van der Waals surface area contributed by atoms with Crippen molar-refractivity contribution in [2.45, 2.75) is 6.92 Å². The molecule has 0 spiro atoms. The first-order valence-corrected chi connectivity index (χ1v) is 7.88. The minimum atomic E-state index is -0.134. The van der Waals surface area contributed by atoms with Gasteiger partial charge in [-0.25, -0.2) is 0 Å². The number of carbonyl (C=O) groups excluding carboxylic acids is 1.